The van der Waals surface area contributed by atoms with E-state index in [0.29, 0.717) is 6.54 Å². The van der Waals surface area contributed by atoms with E-state index in [1.54, 1.807) is 12.1 Å². The van der Waals surface area contributed by atoms with Gasteiger partial charge in [-0.05, 0) is 62.4 Å². The van der Waals surface area contributed by atoms with Gasteiger partial charge in [-0.2, -0.15) is 0 Å². The molecule has 0 aromatic heterocycles. The van der Waals surface area contributed by atoms with Crippen molar-refractivity contribution in [2.24, 2.45) is 11.8 Å². The van der Waals surface area contributed by atoms with Crippen molar-refractivity contribution in [1.82, 2.24) is 5.32 Å². The molecule has 5 nitrogen and oxygen atoms in total. The van der Waals surface area contributed by atoms with Gasteiger partial charge >= 0.3 is 0 Å². The molecular formula is C16H21N3O2. The van der Waals surface area contributed by atoms with Crippen LogP contribution < -0.4 is 16.0 Å². The van der Waals surface area contributed by atoms with Crippen LogP contribution in [0.1, 0.15) is 25.7 Å². The predicted molar refractivity (Wildman–Crippen MR) is 82.0 cm³/mol. The van der Waals surface area contributed by atoms with Crippen LogP contribution in [0.25, 0.3) is 0 Å². The second kappa shape index (κ2) is 6.26. The Labute approximate surface area is 124 Å². The van der Waals surface area contributed by atoms with Gasteiger partial charge in [-0.1, -0.05) is 0 Å². The lowest BCUT2D eigenvalue weighted by molar-refractivity contribution is -0.117. The molecule has 112 valence electrons. The SMILES string of the molecule is O=C(CNCC1CC1)Nc1ccc(NC(=O)C2CC2)cc1. The van der Waals surface area contributed by atoms with Gasteiger partial charge in [0.1, 0.15) is 0 Å². The highest BCUT2D eigenvalue weighted by Crippen LogP contribution is 2.30. The van der Waals surface area contributed by atoms with Crippen LogP contribution in [-0.4, -0.2) is 24.9 Å². The second-order valence-electron chi connectivity index (χ2n) is 5.96. The van der Waals surface area contributed by atoms with Crippen molar-refractivity contribution < 1.29 is 9.59 Å². The molecule has 0 aliphatic heterocycles. The summed E-state index contributed by atoms with van der Waals surface area (Å²) in [4.78, 5) is 23.4. The highest BCUT2D eigenvalue weighted by Gasteiger charge is 2.29. The molecule has 2 aliphatic rings. The molecule has 0 heterocycles. The maximum Gasteiger partial charge on any atom is 0.238 e. The molecule has 0 atom stereocenters. The Morgan fingerprint density at radius 3 is 2.14 bits per heavy atom. The molecule has 0 unspecified atom stereocenters. The molecule has 0 radical (unpaired) electrons. The fourth-order valence-corrected chi connectivity index (χ4v) is 2.14. The number of carbonyl (C=O) groups is 2. The van der Waals surface area contributed by atoms with Crippen molar-refractivity contribution >= 4 is 23.2 Å². The van der Waals surface area contributed by atoms with E-state index in [9.17, 15) is 9.59 Å². The maximum atomic E-state index is 11.7. The largest absolute Gasteiger partial charge is 0.326 e. The quantitative estimate of drug-likeness (QED) is 0.718. The highest BCUT2D eigenvalue weighted by molar-refractivity contribution is 5.95. The molecule has 2 saturated carbocycles. The Kier molecular flexibility index (Phi) is 4.20. The normalized spacial score (nSPS) is 17.3. The van der Waals surface area contributed by atoms with Crippen molar-refractivity contribution in [2.45, 2.75) is 25.7 Å². The third-order valence-corrected chi connectivity index (χ3v) is 3.80. The average molecular weight is 287 g/mol. The van der Waals surface area contributed by atoms with Crippen LogP contribution in [0.5, 0.6) is 0 Å². The van der Waals surface area contributed by atoms with Crippen LogP contribution >= 0.6 is 0 Å². The molecule has 0 bridgehead atoms. The third kappa shape index (κ3) is 4.56. The van der Waals surface area contributed by atoms with Crippen molar-refractivity contribution in [3.8, 4) is 0 Å². The number of anilines is 2. The number of amides is 2. The molecule has 0 saturated heterocycles. The van der Waals surface area contributed by atoms with Gasteiger partial charge in [-0.25, -0.2) is 0 Å². The molecule has 21 heavy (non-hydrogen) atoms. The summed E-state index contributed by atoms with van der Waals surface area (Å²) in [6.45, 7) is 1.27. The van der Waals surface area contributed by atoms with Crippen LogP contribution in [0.3, 0.4) is 0 Å². The van der Waals surface area contributed by atoms with Gasteiger partial charge in [0.2, 0.25) is 11.8 Å². The minimum atomic E-state index is -0.0367. The van der Waals surface area contributed by atoms with Crippen molar-refractivity contribution in [3.63, 3.8) is 0 Å². The number of nitrogens with one attached hydrogen (secondary N) is 3. The number of carbonyl (C=O) groups excluding carboxylic acids is 2. The number of hydrogen-bond acceptors (Lipinski definition) is 3. The van der Waals surface area contributed by atoms with Crippen LogP contribution in [0.15, 0.2) is 24.3 Å². The van der Waals surface area contributed by atoms with E-state index in [4.69, 9.17) is 0 Å². The summed E-state index contributed by atoms with van der Waals surface area (Å²) >= 11 is 0. The summed E-state index contributed by atoms with van der Waals surface area (Å²) in [6.07, 6.45) is 4.55. The van der Waals surface area contributed by atoms with Gasteiger partial charge < -0.3 is 16.0 Å². The van der Waals surface area contributed by atoms with Crippen LogP contribution in [0, 0.1) is 11.8 Å². The lowest BCUT2D eigenvalue weighted by Crippen LogP contribution is -2.29. The summed E-state index contributed by atoms with van der Waals surface area (Å²) in [5, 5.41) is 8.87. The van der Waals surface area contributed by atoms with E-state index in [1.165, 1.54) is 12.8 Å². The van der Waals surface area contributed by atoms with Gasteiger partial charge in [0, 0.05) is 17.3 Å². The molecule has 0 spiro atoms. The van der Waals surface area contributed by atoms with Crippen molar-refractivity contribution in [3.05, 3.63) is 24.3 Å². The van der Waals surface area contributed by atoms with E-state index < -0.39 is 0 Å². The monoisotopic (exact) mass is 287 g/mol. The predicted octanol–water partition coefficient (Wildman–Crippen LogP) is 1.97. The van der Waals surface area contributed by atoms with E-state index >= 15 is 0 Å². The average Bonchev–Trinajstić information content (AvgIpc) is 3.34. The molecular weight excluding hydrogens is 266 g/mol. The number of rotatable bonds is 7. The molecule has 5 heteroatoms. The van der Waals surface area contributed by atoms with Crippen LogP contribution in [-0.2, 0) is 9.59 Å². The fraction of sp³-hybridized carbons (Fsp3) is 0.500. The highest BCUT2D eigenvalue weighted by atomic mass is 16.2. The van der Waals surface area contributed by atoms with E-state index in [2.05, 4.69) is 16.0 Å². The minimum absolute atomic E-state index is 0.0367. The summed E-state index contributed by atoms with van der Waals surface area (Å²) in [5.41, 5.74) is 1.52. The smallest absolute Gasteiger partial charge is 0.238 e. The summed E-state index contributed by atoms with van der Waals surface area (Å²) in [5.74, 6) is 1.02. The second-order valence-corrected chi connectivity index (χ2v) is 5.96. The number of hydrogen-bond donors (Lipinski definition) is 3. The summed E-state index contributed by atoms with van der Waals surface area (Å²) in [7, 11) is 0. The zero-order valence-electron chi connectivity index (χ0n) is 12.0. The van der Waals surface area contributed by atoms with Crippen molar-refractivity contribution in [2.75, 3.05) is 23.7 Å². The first kappa shape index (κ1) is 14.1. The molecule has 2 aliphatic carbocycles. The molecule has 2 amide bonds. The lowest BCUT2D eigenvalue weighted by Gasteiger charge is -2.08. The molecule has 1 aromatic carbocycles. The van der Waals surface area contributed by atoms with E-state index in [-0.39, 0.29) is 17.7 Å². The number of benzene rings is 1. The van der Waals surface area contributed by atoms with Gasteiger partial charge in [-0.15, -0.1) is 0 Å². The third-order valence-electron chi connectivity index (χ3n) is 3.80. The fourth-order valence-electron chi connectivity index (χ4n) is 2.14. The Morgan fingerprint density at radius 1 is 0.952 bits per heavy atom. The maximum absolute atomic E-state index is 11.7. The van der Waals surface area contributed by atoms with Gasteiger partial charge in [-0.3, -0.25) is 9.59 Å². The molecule has 2 fully saturated rings. The van der Waals surface area contributed by atoms with Crippen LogP contribution in [0.4, 0.5) is 11.4 Å². The Balaban J connectivity index is 1.42. The zero-order valence-corrected chi connectivity index (χ0v) is 12.0. The molecule has 3 rings (SSSR count). The first-order valence-corrected chi connectivity index (χ1v) is 7.62. The van der Waals surface area contributed by atoms with Crippen molar-refractivity contribution in [1.29, 1.82) is 0 Å². The summed E-state index contributed by atoms with van der Waals surface area (Å²) in [6, 6.07) is 7.24. The Bertz CT molecular complexity index is 519. The van der Waals surface area contributed by atoms with E-state index in [0.717, 1.165) is 36.7 Å². The van der Waals surface area contributed by atoms with Gasteiger partial charge in [0.25, 0.3) is 0 Å². The van der Waals surface area contributed by atoms with E-state index in [1.807, 2.05) is 12.1 Å². The lowest BCUT2D eigenvalue weighted by atomic mass is 10.2. The molecule has 1 aromatic rings. The zero-order chi connectivity index (χ0) is 14.7. The Morgan fingerprint density at radius 2 is 1.57 bits per heavy atom. The topological polar surface area (TPSA) is 70.2 Å². The first-order chi connectivity index (χ1) is 10.2. The first-order valence-electron chi connectivity index (χ1n) is 7.62. The minimum Gasteiger partial charge on any atom is -0.326 e. The van der Waals surface area contributed by atoms with Gasteiger partial charge in [0.05, 0.1) is 6.54 Å². The summed E-state index contributed by atoms with van der Waals surface area (Å²) < 4.78 is 0. The van der Waals surface area contributed by atoms with Gasteiger partial charge in [0.15, 0.2) is 0 Å². The van der Waals surface area contributed by atoms with Crippen LogP contribution in [0.2, 0.25) is 0 Å². The standard InChI is InChI=1S/C16H21N3O2/c20-15(10-17-9-11-1-2-11)18-13-5-7-14(8-6-13)19-16(21)12-3-4-12/h5-8,11-12,17H,1-4,9-10H2,(H,18,20)(H,19,21). The Hall–Kier alpha value is -1.88. The molecule has 3 N–H and O–H groups in total.